The Kier molecular flexibility index (Phi) is 7.77. The smallest absolute Gasteiger partial charge is 0.266 e. The van der Waals surface area contributed by atoms with Gasteiger partial charge in [0.1, 0.15) is 10.5 Å². The van der Waals surface area contributed by atoms with Gasteiger partial charge in [-0.15, -0.1) is 11.3 Å². The number of benzene rings is 1. The first-order valence-corrected chi connectivity index (χ1v) is 12.6. The summed E-state index contributed by atoms with van der Waals surface area (Å²) in [6.07, 6.45) is 3.38. The third-order valence-corrected chi connectivity index (χ3v) is 7.17. The predicted octanol–water partition coefficient (Wildman–Crippen LogP) is 4.94. The molecule has 4 rings (SSSR count). The van der Waals surface area contributed by atoms with Crippen molar-refractivity contribution >= 4 is 34.5 Å². The molecule has 3 heterocycles. The van der Waals surface area contributed by atoms with Crippen molar-refractivity contribution in [3.63, 3.8) is 0 Å². The van der Waals surface area contributed by atoms with Crippen LogP contribution in [0.3, 0.4) is 0 Å². The second-order valence-corrected chi connectivity index (χ2v) is 9.36. The third-order valence-electron chi connectivity index (χ3n) is 5.84. The Bertz CT molecular complexity index is 1340. The van der Waals surface area contributed by atoms with Gasteiger partial charge in [0, 0.05) is 24.7 Å². The summed E-state index contributed by atoms with van der Waals surface area (Å²) in [4.78, 5) is 34.5. The molecule has 0 bridgehead atoms. The maximum Gasteiger partial charge on any atom is 0.266 e. The Balaban J connectivity index is 1.88. The number of carbonyl (C=O) groups excluding carboxylic acids is 1. The fraction of sp³-hybridized carbons (Fsp3) is 0.269. The quantitative estimate of drug-likeness (QED) is 0.357. The van der Waals surface area contributed by atoms with Gasteiger partial charge in [-0.2, -0.15) is 0 Å². The maximum absolute atomic E-state index is 13.6. The number of nitrogens with zero attached hydrogens (tertiary/aromatic N) is 3. The summed E-state index contributed by atoms with van der Waals surface area (Å²) in [5, 5.41) is 2.23. The molecule has 0 aliphatic carbocycles. The van der Waals surface area contributed by atoms with Crippen LogP contribution in [0.15, 0.2) is 71.0 Å². The molecule has 0 radical (unpaired) electrons. The molecule has 1 aromatic carbocycles. The molecule has 8 heteroatoms. The summed E-state index contributed by atoms with van der Waals surface area (Å²) < 4.78 is 1.57. The molecule has 176 valence electrons. The van der Waals surface area contributed by atoms with Crippen LogP contribution in [-0.4, -0.2) is 33.3 Å². The van der Waals surface area contributed by atoms with E-state index in [1.165, 1.54) is 11.3 Å². The van der Waals surface area contributed by atoms with Crippen LogP contribution >= 0.6 is 22.9 Å². The zero-order chi connectivity index (χ0) is 24.1. The first kappa shape index (κ1) is 24.1. The zero-order valence-corrected chi connectivity index (χ0v) is 20.6. The summed E-state index contributed by atoms with van der Waals surface area (Å²) >= 11 is 7.63. The summed E-state index contributed by atoms with van der Waals surface area (Å²) in [5.74, 6) is -0.166. The highest BCUT2D eigenvalue weighted by Gasteiger charge is 2.30. The van der Waals surface area contributed by atoms with E-state index in [2.05, 4.69) is 0 Å². The van der Waals surface area contributed by atoms with Crippen LogP contribution in [0.2, 0.25) is 5.02 Å². The molecule has 0 spiro atoms. The molecule has 0 fully saturated rings. The number of halogens is 1. The second kappa shape index (κ2) is 11.0. The first-order valence-electron chi connectivity index (χ1n) is 11.3. The maximum atomic E-state index is 13.6. The average Bonchev–Trinajstić information content (AvgIpc) is 3.29. The van der Waals surface area contributed by atoms with E-state index in [1.807, 2.05) is 55.5 Å². The van der Waals surface area contributed by atoms with Gasteiger partial charge in [0.25, 0.3) is 11.5 Å². The Morgan fingerprint density at radius 1 is 1.18 bits per heavy atom. The zero-order valence-electron chi connectivity index (χ0n) is 19.0. The Morgan fingerprint density at radius 2 is 1.94 bits per heavy atom. The molecule has 0 aliphatic heterocycles. The lowest BCUT2D eigenvalue weighted by atomic mass is 9.98. The summed E-state index contributed by atoms with van der Waals surface area (Å²) in [7, 11) is 0. The number of hydrogen-bond donors (Lipinski definition) is 1. The van der Waals surface area contributed by atoms with E-state index in [0.717, 1.165) is 5.56 Å². The molecule has 0 saturated carbocycles. The molecule has 1 atom stereocenters. The number of thiophene rings is 1. The fourth-order valence-corrected chi connectivity index (χ4v) is 5.27. The topological polar surface area (TPSA) is 80.7 Å². The summed E-state index contributed by atoms with van der Waals surface area (Å²) in [6.45, 7) is 2.90. The van der Waals surface area contributed by atoms with Gasteiger partial charge in [-0.05, 0) is 48.5 Å². The van der Waals surface area contributed by atoms with Crippen molar-refractivity contribution in [3.8, 4) is 0 Å². The van der Waals surface area contributed by atoms with E-state index < -0.39 is 6.04 Å². The number of nitrogens with two attached hydrogens (primary N) is 1. The summed E-state index contributed by atoms with van der Waals surface area (Å²) in [6, 6.07) is 16.6. The lowest BCUT2D eigenvalue weighted by molar-refractivity contribution is 0.0669. The van der Waals surface area contributed by atoms with Crippen LogP contribution in [0.4, 0.5) is 0 Å². The Labute approximate surface area is 207 Å². The average molecular weight is 495 g/mol. The molecule has 3 aromatic heterocycles. The number of pyridine rings is 1. The van der Waals surface area contributed by atoms with Crippen molar-refractivity contribution in [2.75, 3.05) is 13.1 Å². The number of fused-ring (bicyclic) bond motifs is 1. The normalized spacial score (nSPS) is 12.1. The number of amides is 1. The standard InChI is InChI=1S/C26H27ClN4O2S/c1-2-21(30(15-8-13-28)26(33)24-20(27)12-16-34-24)23-19(17-18-9-4-3-5-10-18)25(32)31-14-7-6-11-22(31)29-23/h3-7,9-12,14,16,21H,2,8,13,15,17,28H2,1H3. The van der Waals surface area contributed by atoms with E-state index in [0.29, 0.717) is 59.2 Å². The van der Waals surface area contributed by atoms with E-state index in [-0.39, 0.29) is 11.5 Å². The molecular formula is C26H27ClN4O2S. The lowest BCUT2D eigenvalue weighted by Crippen LogP contribution is -2.38. The van der Waals surface area contributed by atoms with Crippen molar-refractivity contribution < 1.29 is 4.79 Å². The molecule has 6 nitrogen and oxygen atoms in total. The van der Waals surface area contributed by atoms with Gasteiger partial charge in [0.15, 0.2) is 0 Å². The van der Waals surface area contributed by atoms with Gasteiger partial charge in [-0.3, -0.25) is 14.0 Å². The van der Waals surface area contributed by atoms with Gasteiger partial charge in [0.05, 0.1) is 16.8 Å². The number of hydrogen-bond acceptors (Lipinski definition) is 5. The van der Waals surface area contributed by atoms with Crippen LogP contribution in [0.1, 0.15) is 52.3 Å². The minimum atomic E-state index is -0.395. The molecule has 34 heavy (non-hydrogen) atoms. The van der Waals surface area contributed by atoms with Crippen LogP contribution in [0.5, 0.6) is 0 Å². The second-order valence-electron chi connectivity index (χ2n) is 8.03. The highest BCUT2D eigenvalue weighted by atomic mass is 35.5. The molecule has 0 aliphatic rings. The van der Waals surface area contributed by atoms with Crippen molar-refractivity contribution in [2.24, 2.45) is 5.73 Å². The van der Waals surface area contributed by atoms with Crippen molar-refractivity contribution in [1.29, 1.82) is 0 Å². The van der Waals surface area contributed by atoms with Gasteiger partial charge in [-0.1, -0.05) is 54.9 Å². The number of aromatic nitrogens is 2. The van der Waals surface area contributed by atoms with E-state index in [9.17, 15) is 9.59 Å². The molecular weight excluding hydrogens is 468 g/mol. The SMILES string of the molecule is CCC(c1nc2ccccn2c(=O)c1Cc1ccccc1)N(CCCN)C(=O)c1sccc1Cl. The largest absolute Gasteiger partial charge is 0.330 e. The van der Waals surface area contributed by atoms with Gasteiger partial charge in [0.2, 0.25) is 0 Å². The highest BCUT2D eigenvalue weighted by Crippen LogP contribution is 2.31. The first-order chi connectivity index (χ1) is 16.5. The highest BCUT2D eigenvalue weighted by molar-refractivity contribution is 7.12. The van der Waals surface area contributed by atoms with E-state index >= 15 is 0 Å². The fourth-order valence-electron chi connectivity index (χ4n) is 4.18. The number of rotatable bonds is 9. The summed E-state index contributed by atoms with van der Waals surface area (Å²) in [5.41, 5.74) is 8.46. The molecule has 2 N–H and O–H groups in total. The Morgan fingerprint density at radius 3 is 2.62 bits per heavy atom. The van der Waals surface area contributed by atoms with E-state index in [4.69, 9.17) is 22.3 Å². The lowest BCUT2D eigenvalue weighted by Gasteiger charge is -2.32. The van der Waals surface area contributed by atoms with Gasteiger partial charge < -0.3 is 10.6 Å². The molecule has 1 amide bonds. The minimum Gasteiger partial charge on any atom is -0.330 e. The predicted molar refractivity (Wildman–Crippen MR) is 138 cm³/mol. The minimum absolute atomic E-state index is 0.122. The Hall–Kier alpha value is -3.00. The van der Waals surface area contributed by atoms with Crippen molar-refractivity contribution in [3.05, 3.63) is 103 Å². The molecule has 4 aromatic rings. The third kappa shape index (κ3) is 4.92. The van der Waals surface area contributed by atoms with Crippen LogP contribution in [0, 0.1) is 0 Å². The number of carbonyl (C=O) groups is 1. The monoisotopic (exact) mass is 494 g/mol. The van der Waals surface area contributed by atoms with E-state index in [1.54, 1.807) is 26.9 Å². The van der Waals surface area contributed by atoms with Crippen molar-refractivity contribution in [2.45, 2.75) is 32.2 Å². The van der Waals surface area contributed by atoms with Crippen molar-refractivity contribution in [1.82, 2.24) is 14.3 Å². The molecule has 0 saturated heterocycles. The van der Waals surface area contributed by atoms with Gasteiger partial charge in [-0.25, -0.2) is 4.98 Å². The van der Waals surface area contributed by atoms with Crippen LogP contribution < -0.4 is 11.3 Å². The van der Waals surface area contributed by atoms with Crippen LogP contribution in [0.25, 0.3) is 5.65 Å². The molecule has 1 unspecified atom stereocenters. The van der Waals surface area contributed by atoms with Crippen LogP contribution in [-0.2, 0) is 6.42 Å². The van der Waals surface area contributed by atoms with Gasteiger partial charge >= 0.3 is 0 Å².